The number of ketones is 1. The largest absolute Gasteiger partial charge is 0.507 e. The number of benzene rings is 3. The highest BCUT2D eigenvalue weighted by atomic mass is 35.5. The maximum atomic E-state index is 13.3. The molecule has 3 aromatic carbocycles. The third-order valence-electron chi connectivity index (χ3n) is 5.58. The molecular weight excluding hydrogens is 452 g/mol. The zero-order valence-corrected chi connectivity index (χ0v) is 19.3. The Bertz CT molecular complexity index is 1360. The third-order valence-corrected chi connectivity index (χ3v) is 5.91. The first-order chi connectivity index (χ1) is 16.3. The van der Waals surface area contributed by atoms with Crippen molar-refractivity contribution >= 4 is 34.7 Å². The minimum absolute atomic E-state index is 0.0736. The molecular formula is C27H21ClN2O4. The van der Waals surface area contributed by atoms with E-state index < -0.39 is 17.7 Å². The molecule has 0 aliphatic carbocycles. The number of nitriles is 1. The minimum Gasteiger partial charge on any atom is -0.507 e. The van der Waals surface area contributed by atoms with Gasteiger partial charge in [0, 0.05) is 11.3 Å². The maximum absolute atomic E-state index is 13.3. The number of aryl methyl sites for hydroxylation is 1. The van der Waals surface area contributed by atoms with Crippen LogP contribution in [0.3, 0.4) is 0 Å². The van der Waals surface area contributed by atoms with Crippen LogP contribution < -0.4 is 9.64 Å². The van der Waals surface area contributed by atoms with E-state index in [4.69, 9.17) is 21.6 Å². The molecule has 7 heteroatoms. The molecule has 1 fully saturated rings. The molecule has 0 spiro atoms. The lowest BCUT2D eigenvalue weighted by atomic mass is 9.94. The Hall–Kier alpha value is -4.08. The normalized spacial score (nSPS) is 17.0. The van der Waals surface area contributed by atoms with Gasteiger partial charge in [-0.25, -0.2) is 0 Å². The Labute approximate surface area is 202 Å². The molecule has 0 aromatic heterocycles. The van der Waals surface area contributed by atoms with Gasteiger partial charge in [-0.15, -0.1) is 0 Å². The number of hydrogen-bond acceptors (Lipinski definition) is 5. The van der Waals surface area contributed by atoms with Crippen molar-refractivity contribution in [3.05, 3.63) is 99.6 Å². The zero-order chi connectivity index (χ0) is 24.4. The number of aliphatic hydroxyl groups is 1. The van der Waals surface area contributed by atoms with Gasteiger partial charge in [0.25, 0.3) is 11.7 Å². The van der Waals surface area contributed by atoms with Crippen molar-refractivity contribution in [1.29, 1.82) is 5.26 Å². The molecule has 170 valence electrons. The highest BCUT2D eigenvalue weighted by Gasteiger charge is 2.47. The third kappa shape index (κ3) is 4.14. The van der Waals surface area contributed by atoms with Gasteiger partial charge in [0.2, 0.25) is 0 Å². The van der Waals surface area contributed by atoms with Gasteiger partial charge in [-0.2, -0.15) is 5.26 Å². The van der Waals surface area contributed by atoms with Crippen LogP contribution in [0.5, 0.6) is 5.75 Å². The van der Waals surface area contributed by atoms with Gasteiger partial charge < -0.3 is 9.84 Å². The van der Waals surface area contributed by atoms with Crippen molar-refractivity contribution in [2.75, 3.05) is 11.5 Å². The van der Waals surface area contributed by atoms with Crippen LogP contribution >= 0.6 is 11.6 Å². The van der Waals surface area contributed by atoms with Gasteiger partial charge in [-0.1, -0.05) is 41.4 Å². The average Bonchev–Trinajstić information content (AvgIpc) is 3.10. The number of ether oxygens (including phenoxy) is 1. The van der Waals surface area contributed by atoms with E-state index in [-0.39, 0.29) is 21.9 Å². The summed E-state index contributed by atoms with van der Waals surface area (Å²) in [5.74, 6) is -1.52. The van der Waals surface area contributed by atoms with Crippen LogP contribution in [0.15, 0.2) is 72.3 Å². The second-order valence-electron chi connectivity index (χ2n) is 7.82. The Morgan fingerprint density at radius 2 is 1.85 bits per heavy atom. The van der Waals surface area contributed by atoms with Crippen molar-refractivity contribution in [3.63, 3.8) is 0 Å². The van der Waals surface area contributed by atoms with Gasteiger partial charge in [0.05, 0.1) is 34.9 Å². The first-order valence-electron chi connectivity index (χ1n) is 10.7. The molecule has 1 atom stereocenters. The summed E-state index contributed by atoms with van der Waals surface area (Å²) in [5, 5.41) is 20.7. The number of anilines is 1. The van der Waals surface area contributed by atoms with Crippen LogP contribution in [0.4, 0.5) is 5.69 Å². The lowest BCUT2D eigenvalue weighted by Gasteiger charge is -2.26. The van der Waals surface area contributed by atoms with E-state index in [2.05, 4.69) is 0 Å². The number of amides is 1. The molecule has 1 N–H and O–H groups in total. The number of hydrogen-bond donors (Lipinski definition) is 1. The monoisotopic (exact) mass is 472 g/mol. The lowest BCUT2D eigenvalue weighted by Crippen LogP contribution is -2.29. The highest BCUT2D eigenvalue weighted by Crippen LogP contribution is 2.43. The topological polar surface area (TPSA) is 90.6 Å². The minimum atomic E-state index is -0.889. The number of Topliss-reactive ketones (excluding diaryl/α,β-unsaturated/α-hetero) is 1. The Morgan fingerprint density at radius 1 is 1.12 bits per heavy atom. The van der Waals surface area contributed by atoms with Gasteiger partial charge in [-0.3, -0.25) is 14.5 Å². The Kier molecular flexibility index (Phi) is 6.40. The summed E-state index contributed by atoms with van der Waals surface area (Å²) in [7, 11) is 0. The van der Waals surface area contributed by atoms with Crippen molar-refractivity contribution in [2.45, 2.75) is 19.9 Å². The predicted octanol–water partition coefficient (Wildman–Crippen LogP) is 5.55. The van der Waals surface area contributed by atoms with E-state index in [9.17, 15) is 14.7 Å². The molecule has 1 heterocycles. The van der Waals surface area contributed by atoms with E-state index in [0.29, 0.717) is 29.2 Å². The fourth-order valence-electron chi connectivity index (χ4n) is 4.04. The summed E-state index contributed by atoms with van der Waals surface area (Å²) < 4.78 is 5.52. The average molecular weight is 473 g/mol. The van der Waals surface area contributed by atoms with E-state index in [1.165, 1.54) is 4.90 Å². The van der Waals surface area contributed by atoms with Crippen LogP contribution in [0.25, 0.3) is 5.76 Å². The molecule has 0 bridgehead atoms. The molecule has 1 aliphatic rings. The predicted molar refractivity (Wildman–Crippen MR) is 130 cm³/mol. The van der Waals surface area contributed by atoms with Gasteiger partial charge >= 0.3 is 0 Å². The first kappa shape index (κ1) is 23.1. The molecule has 6 nitrogen and oxygen atoms in total. The fourth-order valence-corrected chi connectivity index (χ4v) is 4.25. The summed E-state index contributed by atoms with van der Waals surface area (Å²) in [6.07, 6.45) is 0. The molecule has 0 radical (unpaired) electrons. The molecule has 1 aliphatic heterocycles. The number of nitrogens with zero attached hydrogens (tertiary/aromatic N) is 2. The number of carbonyl (C=O) groups excluding carboxylic acids is 2. The van der Waals surface area contributed by atoms with Crippen LogP contribution in [-0.4, -0.2) is 23.4 Å². The van der Waals surface area contributed by atoms with Crippen molar-refractivity contribution in [2.24, 2.45) is 0 Å². The van der Waals surface area contributed by atoms with Gasteiger partial charge in [0.1, 0.15) is 11.5 Å². The number of carbonyl (C=O) groups is 2. The summed E-state index contributed by atoms with van der Waals surface area (Å²) in [5.41, 5.74) is 2.56. The van der Waals surface area contributed by atoms with E-state index in [1.54, 1.807) is 48.5 Å². The van der Waals surface area contributed by atoms with E-state index >= 15 is 0 Å². The van der Waals surface area contributed by atoms with Crippen LogP contribution in [0, 0.1) is 18.3 Å². The van der Waals surface area contributed by atoms with Crippen molar-refractivity contribution in [1.82, 2.24) is 0 Å². The number of aliphatic hydroxyl groups excluding tert-OH is 1. The molecule has 1 amide bonds. The molecule has 0 saturated carbocycles. The molecule has 1 saturated heterocycles. The van der Waals surface area contributed by atoms with E-state index in [0.717, 1.165) is 5.56 Å². The second-order valence-corrected chi connectivity index (χ2v) is 8.22. The SMILES string of the molecule is CCOc1ccc(Cl)c(/C(O)=C2\C(=O)C(=O)N(c3ccc(C#N)cc3)C2c2cccc(C)c2)c1. The van der Waals surface area contributed by atoms with Crippen LogP contribution in [-0.2, 0) is 9.59 Å². The molecule has 1 unspecified atom stereocenters. The lowest BCUT2D eigenvalue weighted by molar-refractivity contribution is -0.132. The summed E-state index contributed by atoms with van der Waals surface area (Å²) in [6.45, 7) is 4.14. The van der Waals surface area contributed by atoms with E-state index in [1.807, 2.05) is 38.1 Å². The highest BCUT2D eigenvalue weighted by molar-refractivity contribution is 6.52. The summed E-state index contributed by atoms with van der Waals surface area (Å²) >= 11 is 6.37. The number of rotatable bonds is 5. The van der Waals surface area contributed by atoms with Crippen LogP contribution in [0.1, 0.15) is 35.2 Å². The van der Waals surface area contributed by atoms with Gasteiger partial charge in [-0.05, 0) is 61.9 Å². The second kappa shape index (κ2) is 9.42. The summed E-state index contributed by atoms with van der Waals surface area (Å²) in [4.78, 5) is 27.9. The zero-order valence-electron chi connectivity index (χ0n) is 18.6. The quantitative estimate of drug-likeness (QED) is 0.299. The maximum Gasteiger partial charge on any atom is 0.300 e. The fraction of sp³-hybridized carbons (Fsp3) is 0.148. The van der Waals surface area contributed by atoms with Crippen molar-refractivity contribution < 1.29 is 19.4 Å². The summed E-state index contributed by atoms with van der Waals surface area (Å²) in [6, 6.07) is 19.7. The van der Waals surface area contributed by atoms with Gasteiger partial charge in [0.15, 0.2) is 0 Å². The Morgan fingerprint density at radius 3 is 2.50 bits per heavy atom. The van der Waals surface area contributed by atoms with Crippen molar-refractivity contribution in [3.8, 4) is 11.8 Å². The standard InChI is InChI=1S/C27H21ClN2O4/c1-3-34-20-11-12-22(28)21(14-20)25(31)23-24(18-6-4-5-16(2)13-18)30(27(33)26(23)32)19-9-7-17(15-29)8-10-19/h4-14,24,31H,3H2,1-2H3/b25-23+. The number of halogens is 1. The first-order valence-corrected chi connectivity index (χ1v) is 11.0. The molecule has 34 heavy (non-hydrogen) atoms. The van der Waals surface area contributed by atoms with Crippen LogP contribution in [0.2, 0.25) is 5.02 Å². The molecule has 3 aromatic rings. The Balaban J connectivity index is 1.95. The molecule has 4 rings (SSSR count). The smallest absolute Gasteiger partial charge is 0.300 e.